The van der Waals surface area contributed by atoms with Crippen molar-refractivity contribution in [1.82, 2.24) is 4.98 Å². The lowest BCUT2D eigenvalue weighted by Crippen LogP contribution is -2.27. The summed E-state index contributed by atoms with van der Waals surface area (Å²) in [4.78, 5) is 18.0. The molecule has 0 atom stereocenters. The first kappa shape index (κ1) is 13.1. The summed E-state index contributed by atoms with van der Waals surface area (Å²) in [5.41, 5.74) is 9.62. The number of pyridine rings is 1. The topological polar surface area (TPSA) is 59.2 Å². The molecule has 4 nitrogen and oxygen atoms in total. The van der Waals surface area contributed by atoms with E-state index in [2.05, 4.69) is 11.1 Å². The van der Waals surface area contributed by atoms with Crippen molar-refractivity contribution in [3.8, 4) is 0 Å². The highest BCUT2D eigenvalue weighted by Gasteiger charge is 2.16. The van der Waals surface area contributed by atoms with Gasteiger partial charge in [-0.2, -0.15) is 0 Å². The van der Waals surface area contributed by atoms with Gasteiger partial charge in [0.25, 0.3) is 5.91 Å². The number of hydrogen-bond donors (Lipinski definition) is 1. The van der Waals surface area contributed by atoms with Gasteiger partial charge in [0.15, 0.2) is 0 Å². The summed E-state index contributed by atoms with van der Waals surface area (Å²) in [5, 5.41) is 0. The fourth-order valence-corrected chi connectivity index (χ4v) is 1.99. The van der Waals surface area contributed by atoms with E-state index in [0.717, 1.165) is 11.3 Å². The van der Waals surface area contributed by atoms with Crippen LogP contribution in [0.15, 0.2) is 36.5 Å². The second-order valence-corrected chi connectivity index (χ2v) is 4.63. The Hall–Kier alpha value is -2.36. The smallest absolute Gasteiger partial charge is 0.276 e. The molecule has 1 aromatic heterocycles. The van der Waals surface area contributed by atoms with Gasteiger partial charge in [0.05, 0.1) is 11.9 Å². The fourth-order valence-electron chi connectivity index (χ4n) is 1.99. The number of aryl methyl sites for hydroxylation is 2. The molecule has 0 aliphatic heterocycles. The van der Waals surface area contributed by atoms with Crippen LogP contribution in [0.5, 0.6) is 0 Å². The maximum Gasteiger partial charge on any atom is 0.276 e. The Balaban J connectivity index is 2.30. The van der Waals surface area contributed by atoms with Crippen molar-refractivity contribution < 1.29 is 4.79 Å². The van der Waals surface area contributed by atoms with Gasteiger partial charge >= 0.3 is 0 Å². The zero-order valence-electron chi connectivity index (χ0n) is 11.3. The normalized spacial score (nSPS) is 10.3. The van der Waals surface area contributed by atoms with Gasteiger partial charge < -0.3 is 10.6 Å². The minimum atomic E-state index is -0.146. The Morgan fingerprint density at radius 1 is 1.21 bits per heavy atom. The third kappa shape index (κ3) is 2.73. The molecule has 0 radical (unpaired) electrons. The predicted octanol–water partition coefficient (Wildman–Crippen LogP) is 2.56. The van der Waals surface area contributed by atoms with Crippen LogP contribution in [-0.2, 0) is 0 Å². The van der Waals surface area contributed by atoms with E-state index in [1.807, 2.05) is 26.0 Å². The molecule has 4 heteroatoms. The summed E-state index contributed by atoms with van der Waals surface area (Å²) in [7, 11) is 1.75. The average Bonchev–Trinajstić information content (AvgIpc) is 2.38. The maximum atomic E-state index is 12.3. The molecule has 1 heterocycles. The van der Waals surface area contributed by atoms with Crippen molar-refractivity contribution in [3.63, 3.8) is 0 Å². The van der Waals surface area contributed by atoms with E-state index in [9.17, 15) is 4.79 Å². The highest BCUT2D eigenvalue weighted by molar-refractivity contribution is 6.04. The Labute approximate surface area is 112 Å². The summed E-state index contributed by atoms with van der Waals surface area (Å²) in [6.07, 6.45) is 1.49. The number of hydrogen-bond acceptors (Lipinski definition) is 3. The third-order valence-electron chi connectivity index (χ3n) is 3.02. The fraction of sp³-hybridized carbons (Fsp3) is 0.200. The molecular weight excluding hydrogens is 238 g/mol. The lowest BCUT2D eigenvalue weighted by Gasteiger charge is -2.19. The minimum absolute atomic E-state index is 0.146. The second kappa shape index (κ2) is 5.10. The quantitative estimate of drug-likeness (QED) is 0.897. The molecule has 1 amide bonds. The molecule has 0 aliphatic rings. The van der Waals surface area contributed by atoms with Crippen LogP contribution in [0.25, 0.3) is 0 Å². The molecule has 98 valence electrons. The molecule has 0 bridgehead atoms. The van der Waals surface area contributed by atoms with Crippen molar-refractivity contribution in [3.05, 3.63) is 53.3 Å². The molecule has 19 heavy (non-hydrogen) atoms. The zero-order chi connectivity index (χ0) is 14.0. The lowest BCUT2D eigenvalue weighted by atomic mass is 10.1. The summed E-state index contributed by atoms with van der Waals surface area (Å²) >= 11 is 0. The highest BCUT2D eigenvalue weighted by atomic mass is 16.2. The summed E-state index contributed by atoms with van der Waals surface area (Å²) < 4.78 is 0. The first-order valence-electron chi connectivity index (χ1n) is 6.06. The Morgan fingerprint density at radius 2 is 1.95 bits per heavy atom. The minimum Gasteiger partial charge on any atom is -0.397 e. The maximum absolute atomic E-state index is 12.3. The summed E-state index contributed by atoms with van der Waals surface area (Å²) in [5.74, 6) is -0.146. The molecule has 0 spiro atoms. The monoisotopic (exact) mass is 255 g/mol. The van der Waals surface area contributed by atoms with Gasteiger partial charge in [-0.15, -0.1) is 0 Å². The summed E-state index contributed by atoms with van der Waals surface area (Å²) in [6, 6.07) is 9.30. The van der Waals surface area contributed by atoms with Gasteiger partial charge in [0.1, 0.15) is 5.69 Å². The van der Waals surface area contributed by atoms with Gasteiger partial charge in [-0.05, 0) is 37.6 Å². The Kier molecular flexibility index (Phi) is 3.51. The number of benzene rings is 1. The number of anilines is 2. The van der Waals surface area contributed by atoms with Gasteiger partial charge in [0.2, 0.25) is 0 Å². The number of nitrogens with two attached hydrogens (primary N) is 1. The number of aromatic nitrogens is 1. The lowest BCUT2D eigenvalue weighted by molar-refractivity contribution is 0.0988. The van der Waals surface area contributed by atoms with Crippen LogP contribution >= 0.6 is 0 Å². The van der Waals surface area contributed by atoms with Crippen LogP contribution < -0.4 is 10.6 Å². The van der Waals surface area contributed by atoms with Gasteiger partial charge in [-0.25, -0.2) is 4.98 Å². The van der Waals surface area contributed by atoms with E-state index in [4.69, 9.17) is 5.73 Å². The van der Waals surface area contributed by atoms with Crippen LogP contribution in [0.2, 0.25) is 0 Å². The van der Waals surface area contributed by atoms with Gasteiger partial charge in [-0.1, -0.05) is 17.7 Å². The van der Waals surface area contributed by atoms with E-state index in [1.54, 1.807) is 24.1 Å². The molecule has 0 fully saturated rings. The van der Waals surface area contributed by atoms with Crippen molar-refractivity contribution in [2.75, 3.05) is 17.7 Å². The SMILES string of the molecule is Cc1ccc(N(C)C(=O)c2ccc(N)cn2)c(C)c1. The number of carbonyl (C=O) groups excluding carboxylic acids is 1. The largest absolute Gasteiger partial charge is 0.397 e. The predicted molar refractivity (Wildman–Crippen MR) is 77.3 cm³/mol. The molecule has 0 saturated carbocycles. The molecule has 1 aromatic carbocycles. The van der Waals surface area contributed by atoms with Crippen LogP contribution in [0.1, 0.15) is 21.6 Å². The zero-order valence-corrected chi connectivity index (χ0v) is 11.3. The number of carbonyl (C=O) groups is 1. The van der Waals surface area contributed by atoms with E-state index in [0.29, 0.717) is 11.4 Å². The first-order chi connectivity index (χ1) is 8.99. The second-order valence-electron chi connectivity index (χ2n) is 4.63. The van der Waals surface area contributed by atoms with Crippen molar-refractivity contribution in [2.24, 2.45) is 0 Å². The van der Waals surface area contributed by atoms with Crippen LogP contribution in [-0.4, -0.2) is 17.9 Å². The van der Waals surface area contributed by atoms with Crippen molar-refractivity contribution in [2.45, 2.75) is 13.8 Å². The molecule has 0 saturated heterocycles. The molecule has 0 aliphatic carbocycles. The first-order valence-corrected chi connectivity index (χ1v) is 6.06. The van der Waals surface area contributed by atoms with Crippen molar-refractivity contribution in [1.29, 1.82) is 0 Å². The standard InChI is InChI=1S/C15H17N3O/c1-10-4-7-14(11(2)8-10)18(3)15(19)13-6-5-12(16)9-17-13/h4-9H,16H2,1-3H3. The number of amides is 1. The van der Waals surface area contributed by atoms with E-state index < -0.39 is 0 Å². The van der Waals surface area contributed by atoms with Crippen molar-refractivity contribution >= 4 is 17.3 Å². The Bertz CT molecular complexity index is 605. The van der Waals surface area contributed by atoms with Gasteiger partial charge in [-0.3, -0.25) is 4.79 Å². The van der Waals surface area contributed by atoms with E-state index in [1.165, 1.54) is 11.8 Å². The highest BCUT2D eigenvalue weighted by Crippen LogP contribution is 2.21. The van der Waals surface area contributed by atoms with Crippen LogP contribution in [0.4, 0.5) is 11.4 Å². The number of nitrogen functional groups attached to an aromatic ring is 1. The number of rotatable bonds is 2. The number of nitrogens with zero attached hydrogens (tertiary/aromatic N) is 2. The third-order valence-corrected chi connectivity index (χ3v) is 3.02. The Morgan fingerprint density at radius 3 is 2.53 bits per heavy atom. The van der Waals surface area contributed by atoms with E-state index in [-0.39, 0.29) is 5.91 Å². The molecule has 2 rings (SSSR count). The van der Waals surface area contributed by atoms with Crippen LogP contribution in [0.3, 0.4) is 0 Å². The van der Waals surface area contributed by atoms with Crippen LogP contribution in [0, 0.1) is 13.8 Å². The molecule has 0 unspecified atom stereocenters. The average molecular weight is 255 g/mol. The molecule has 2 aromatic rings. The summed E-state index contributed by atoms with van der Waals surface area (Å²) in [6.45, 7) is 4.02. The van der Waals surface area contributed by atoms with E-state index >= 15 is 0 Å². The molecule has 2 N–H and O–H groups in total. The van der Waals surface area contributed by atoms with Gasteiger partial charge in [0, 0.05) is 12.7 Å². The molecular formula is C15H17N3O.